The van der Waals surface area contributed by atoms with E-state index in [1.165, 1.54) is 0 Å². The fraction of sp³-hybridized carbons (Fsp3) is 0.412. The molecule has 0 unspecified atom stereocenters. The Bertz CT molecular complexity index is 695. The average Bonchev–Trinajstić information content (AvgIpc) is 2.95. The zero-order valence-electron chi connectivity index (χ0n) is 13.3. The topological polar surface area (TPSA) is 79.2 Å². The molecule has 0 aliphatic heterocycles. The lowest BCUT2D eigenvalue weighted by Gasteiger charge is -2.36. The number of anilines is 1. The van der Waals surface area contributed by atoms with Gasteiger partial charge in [0.15, 0.2) is 0 Å². The fourth-order valence-electron chi connectivity index (χ4n) is 2.73. The summed E-state index contributed by atoms with van der Waals surface area (Å²) in [5, 5.41) is 20.5. The van der Waals surface area contributed by atoms with Crippen molar-refractivity contribution in [2.24, 2.45) is 0 Å². The van der Waals surface area contributed by atoms with Gasteiger partial charge in [-0.1, -0.05) is 23.7 Å². The highest BCUT2D eigenvalue weighted by atomic mass is 35.5. The van der Waals surface area contributed by atoms with Crippen LogP contribution in [0.5, 0.6) is 0 Å². The maximum absolute atomic E-state index is 12.0. The number of carbonyl (C=O) groups is 1. The highest BCUT2D eigenvalue weighted by molar-refractivity contribution is 6.30. The SMILES string of the molecule is O=C(NCCC1(O)CCC1)Nc1ccnn1Cc1ccc(Cl)cc1. The predicted molar refractivity (Wildman–Crippen MR) is 93.2 cm³/mol. The van der Waals surface area contributed by atoms with E-state index in [1.807, 2.05) is 24.3 Å². The Kier molecular flexibility index (Phi) is 5.06. The fourth-order valence-corrected chi connectivity index (χ4v) is 2.86. The molecule has 3 N–H and O–H groups in total. The lowest BCUT2D eigenvalue weighted by atomic mass is 9.78. The molecule has 6 nitrogen and oxygen atoms in total. The number of aliphatic hydroxyl groups is 1. The molecule has 2 amide bonds. The third-order valence-electron chi connectivity index (χ3n) is 4.36. The van der Waals surface area contributed by atoms with Crippen LogP contribution < -0.4 is 10.6 Å². The van der Waals surface area contributed by atoms with Crippen molar-refractivity contribution in [3.8, 4) is 0 Å². The van der Waals surface area contributed by atoms with Crippen LogP contribution in [-0.2, 0) is 6.54 Å². The molecule has 0 saturated heterocycles. The standard InChI is InChI=1S/C17H21ClN4O2/c18-14-4-2-13(3-5-14)12-22-15(6-10-20-22)21-16(23)19-11-9-17(24)7-1-8-17/h2-6,10,24H,1,7-9,11-12H2,(H2,19,21,23). The van der Waals surface area contributed by atoms with Crippen LogP contribution in [0.25, 0.3) is 0 Å². The number of benzene rings is 1. The van der Waals surface area contributed by atoms with Crippen LogP contribution in [-0.4, -0.2) is 33.1 Å². The smallest absolute Gasteiger partial charge is 0.320 e. The van der Waals surface area contributed by atoms with E-state index in [9.17, 15) is 9.90 Å². The largest absolute Gasteiger partial charge is 0.390 e. The molecule has 128 valence electrons. The summed E-state index contributed by atoms with van der Waals surface area (Å²) in [6.07, 6.45) is 4.94. The lowest BCUT2D eigenvalue weighted by Crippen LogP contribution is -2.41. The highest BCUT2D eigenvalue weighted by Gasteiger charge is 2.33. The first-order valence-electron chi connectivity index (χ1n) is 8.08. The number of halogens is 1. The molecule has 3 rings (SSSR count). The van der Waals surface area contributed by atoms with Crippen molar-refractivity contribution in [2.75, 3.05) is 11.9 Å². The number of aromatic nitrogens is 2. The van der Waals surface area contributed by atoms with Crippen molar-refractivity contribution in [2.45, 2.75) is 37.8 Å². The molecule has 1 saturated carbocycles. The monoisotopic (exact) mass is 348 g/mol. The van der Waals surface area contributed by atoms with Gasteiger partial charge < -0.3 is 10.4 Å². The first kappa shape index (κ1) is 16.8. The zero-order valence-corrected chi connectivity index (χ0v) is 14.1. The van der Waals surface area contributed by atoms with Gasteiger partial charge in [-0.15, -0.1) is 0 Å². The molecule has 1 aliphatic carbocycles. The summed E-state index contributed by atoms with van der Waals surface area (Å²) in [6, 6.07) is 8.95. The van der Waals surface area contributed by atoms with E-state index in [-0.39, 0.29) is 6.03 Å². The van der Waals surface area contributed by atoms with Crippen molar-refractivity contribution in [1.82, 2.24) is 15.1 Å². The molecule has 1 aromatic carbocycles. The predicted octanol–water partition coefficient (Wildman–Crippen LogP) is 3.01. The normalized spacial score (nSPS) is 15.6. The van der Waals surface area contributed by atoms with Gasteiger partial charge in [0.2, 0.25) is 0 Å². The molecular formula is C17H21ClN4O2. The second-order valence-electron chi connectivity index (χ2n) is 6.21. The Hall–Kier alpha value is -2.05. The summed E-state index contributed by atoms with van der Waals surface area (Å²) in [7, 11) is 0. The number of rotatable bonds is 6. The van der Waals surface area contributed by atoms with E-state index in [1.54, 1.807) is 16.9 Å². The van der Waals surface area contributed by atoms with Crippen LogP contribution in [0.15, 0.2) is 36.5 Å². The van der Waals surface area contributed by atoms with Crippen molar-refractivity contribution >= 4 is 23.4 Å². The van der Waals surface area contributed by atoms with E-state index in [0.717, 1.165) is 24.8 Å². The second-order valence-corrected chi connectivity index (χ2v) is 6.65. The van der Waals surface area contributed by atoms with Crippen LogP contribution in [0.1, 0.15) is 31.2 Å². The number of nitrogens with zero attached hydrogens (tertiary/aromatic N) is 2. The molecule has 0 atom stereocenters. The van der Waals surface area contributed by atoms with Gasteiger partial charge in [0.05, 0.1) is 18.3 Å². The van der Waals surface area contributed by atoms with E-state index < -0.39 is 5.60 Å². The van der Waals surface area contributed by atoms with Crippen molar-refractivity contribution < 1.29 is 9.90 Å². The van der Waals surface area contributed by atoms with E-state index in [2.05, 4.69) is 15.7 Å². The summed E-state index contributed by atoms with van der Waals surface area (Å²) in [4.78, 5) is 12.0. The molecule has 1 heterocycles. The van der Waals surface area contributed by atoms with Gasteiger partial charge in [-0.25, -0.2) is 9.48 Å². The van der Waals surface area contributed by atoms with Gasteiger partial charge in [0, 0.05) is 17.6 Å². The Labute approximate surface area is 145 Å². The summed E-state index contributed by atoms with van der Waals surface area (Å²) in [6.45, 7) is 0.993. The van der Waals surface area contributed by atoms with Gasteiger partial charge in [-0.2, -0.15) is 5.10 Å². The van der Waals surface area contributed by atoms with Crippen molar-refractivity contribution in [3.63, 3.8) is 0 Å². The van der Waals surface area contributed by atoms with Crippen molar-refractivity contribution in [3.05, 3.63) is 47.1 Å². The summed E-state index contributed by atoms with van der Waals surface area (Å²) < 4.78 is 1.71. The maximum atomic E-state index is 12.0. The number of amides is 2. The van der Waals surface area contributed by atoms with Crippen LogP contribution >= 0.6 is 11.6 Å². The Balaban J connectivity index is 1.51. The first-order valence-corrected chi connectivity index (χ1v) is 8.45. The zero-order chi connectivity index (χ0) is 17.0. The third-order valence-corrected chi connectivity index (χ3v) is 4.62. The molecular weight excluding hydrogens is 328 g/mol. The maximum Gasteiger partial charge on any atom is 0.320 e. The van der Waals surface area contributed by atoms with Crippen LogP contribution in [0.2, 0.25) is 5.02 Å². The number of urea groups is 1. The van der Waals surface area contributed by atoms with Crippen molar-refractivity contribution in [1.29, 1.82) is 0 Å². The number of nitrogens with one attached hydrogen (secondary N) is 2. The molecule has 2 aromatic rings. The minimum atomic E-state index is -0.580. The minimum absolute atomic E-state index is 0.296. The number of hydrogen-bond acceptors (Lipinski definition) is 3. The van der Waals surface area contributed by atoms with Gasteiger partial charge in [0.1, 0.15) is 5.82 Å². The van der Waals surface area contributed by atoms with E-state index >= 15 is 0 Å². The van der Waals surface area contributed by atoms with E-state index in [4.69, 9.17) is 11.6 Å². The third kappa shape index (κ3) is 4.27. The molecule has 0 spiro atoms. The molecule has 1 fully saturated rings. The number of carbonyl (C=O) groups excluding carboxylic acids is 1. The average molecular weight is 349 g/mol. The second kappa shape index (κ2) is 7.23. The highest BCUT2D eigenvalue weighted by Crippen LogP contribution is 2.34. The van der Waals surface area contributed by atoms with Gasteiger partial charge in [-0.05, 0) is 43.4 Å². The first-order chi connectivity index (χ1) is 11.5. The van der Waals surface area contributed by atoms with Crippen LogP contribution in [0, 0.1) is 0 Å². The quantitative estimate of drug-likeness (QED) is 0.750. The number of hydrogen-bond donors (Lipinski definition) is 3. The molecule has 1 aromatic heterocycles. The van der Waals surface area contributed by atoms with Gasteiger partial charge in [0.25, 0.3) is 0 Å². The Morgan fingerprint density at radius 1 is 1.29 bits per heavy atom. The van der Waals surface area contributed by atoms with Crippen LogP contribution in [0.4, 0.5) is 10.6 Å². The molecule has 7 heteroatoms. The Morgan fingerprint density at radius 2 is 2.04 bits per heavy atom. The lowest BCUT2D eigenvalue weighted by molar-refractivity contribution is -0.0388. The summed E-state index contributed by atoms with van der Waals surface area (Å²) in [5.41, 5.74) is 0.461. The summed E-state index contributed by atoms with van der Waals surface area (Å²) >= 11 is 5.88. The molecule has 24 heavy (non-hydrogen) atoms. The minimum Gasteiger partial charge on any atom is -0.390 e. The van der Waals surface area contributed by atoms with Gasteiger partial charge in [-0.3, -0.25) is 5.32 Å². The molecule has 0 bridgehead atoms. The van der Waals surface area contributed by atoms with Gasteiger partial charge >= 0.3 is 6.03 Å². The molecule has 1 aliphatic rings. The molecule has 0 radical (unpaired) electrons. The van der Waals surface area contributed by atoms with Crippen LogP contribution in [0.3, 0.4) is 0 Å². The summed E-state index contributed by atoms with van der Waals surface area (Å²) in [5.74, 6) is 0.616. The Morgan fingerprint density at radius 3 is 2.71 bits per heavy atom. The van der Waals surface area contributed by atoms with E-state index in [0.29, 0.717) is 30.4 Å².